The first-order chi connectivity index (χ1) is 17.5. The zero-order chi connectivity index (χ0) is 27.2. The third-order valence-corrected chi connectivity index (χ3v) is 7.59. The minimum absolute atomic E-state index is 0.00380. The summed E-state index contributed by atoms with van der Waals surface area (Å²) in [5, 5.41) is 2.96. The van der Waals surface area contributed by atoms with Crippen molar-refractivity contribution in [1.82, 2.24) is 10.2 Å². The van der Waals surface area contributed by atoms with Crippen molar-refractivity contribution < 1.29 is 27.5 Å². The van der Waals surface area contributed by atoms with Gasteiger partial charge >= 0.3 is 0 Å². The molecule has 2 aromatic carbocycles. The summed E-state index contributed by atoms with van der Waals surface area (Å²) in [4.78, 5) is 27.9. The van der Waals surface area contributed by atoms with Crippen LogP contribution in [-0.4, -0.2) is 56.8 Å². The van der Waals surface area contributed by atoms with Gasteiger partial charge in [-0.1, -0.05) is 36.8 Å². The summed E-state index contributed by atoms with van der Waals surface area (Å²) in [5.74, 6) is 0.609. The van der Waals surface area contributed by atoms with E-state index >= 15 is 0 Å². The fourth-order valence-corrected chi connectivity index (χ4v) is 5.06. The molecule has 0 aromatic heterocycles. The molecule has 1 aliphatic rings. The number of nitrogens with zero attached hydrogens (tertiary/aromatic N) is 2. The number of carbonyl (C=O) groups is 2. The predicted octanol–water partition coefficient (Wildman–Crippen LogP) is 3.60. The molecule has 1 aliphatic heterocycles. The van der Waals surface area contributed by atoms with E-state index in [9.17, 15) is 18.0 Å². The highest BCUT2D eigenvalue weighted by Gasteiger charge is 2.27. The second-order valence-electron chi connectivity index (χ2n) is 9.48. The topological polar surface area (TPSA) is 105 Å². The predicted molar refractivity (Wildman–Crippen MR) is 143 cm³/mol. The van der Waals surface area contributed by atoms with Crippen molar-refractivity contribution >= 4 is 27.5 Å². The second-order valence-corrected chi connectivity index (χ2v) is 11.4. The van der Waals surface area contributed by atoms with E-state index in [2.05, 4.69) is 5.32 Å². The molecule has 0 aliphatic carbocycles. The van der Waals surface area contributed by atoms with Crippen molar-refractivity contribution in [1.29, 1.82) is 0 Å². The molecule has 2 atom stereocenters. The Kier molecular flexibility index (Phi) is 9.42. The largest absolute Gasteiger partial charge is 0.454 e. The summed E-state index contributed by atoms with van der Waals surface area (Å²) in [5.41, 5.74) is 2.43. The highest BCUT2D eigenvalue weighted by atomic mass is 32.2. The van der Waals surface area contributed by atoms with Gasteiger partial charge in [0.25, 0.3) is 0 Å². The zero-order valence-electron chi connectivity index (χ0n) is 22.2. The molecular formula is C27H37N3O6S. The van der Waals surface area contributed by atoms with Crippen LogP contribution >= 0.6 is 0 Å². The van der Waals surface area contributed by atoms with Crippen molar-refractivity contribution in [2.24, 2.45) is 0 Å². The Balaban J connectivity index is 1.73. The molecule has 2 aromatic rings. The molecule has 0 radical (unpaired) electrons. The third-order valence-electron chi connectivity index (χ3n) is 6.40. The van der Waals surface area contributed by atoms with E-state index < -0.39 is 16.1 Å². The van der Waals surface area contributed by atoms with E-state index in [4.69, 9.17) is 9.47 Å². The first-order valence-corrected chi connectivity index (χ1v) is 14.4. The fraction of sp³-hybridized carbons (Fsp3) is 0.481. The summed E-state index contributed by atoms with van der Waals surface area (Å²) in [6.45, 7) is 8.09. The van der Waals surface area contributed by atoms with Gasteiger partial charge in [-0.3, -0.25) is 13.9 Å². The number of carbonyl (C=O) groups excluding carboxylic acids is 2. The van der Waals surface area contributed by atoms with Crippen LogP contribution in [0.5, 0.6) is 11.5 Å². The molecule has 0 saturated carbocycles. The van der Waals surface area contributed by atoms with E-state index in [1.165, 1.54) is 4.31 Å². The van der Waals surface area contributed by atoms with Crippen molar-refractivity contribution in [2.45, 2.75) is 65.6 Å². The van der Waals surface area contributed by atoms with Crippen LogP contribution in [0.25, 0.3) is 0 Å². The Hall–Kier alpha value is -3.27. The summed E-state index contributed by atoms with van der Waals surface area (Å²) in [7, 11) is -3.61. The highest BCUT2D eigenvalue weighted by Crippen LogP contribution is 2.36. The molecular weight excluding hydrogens is 494 g/mol. The van der Waals surface area contributed by atoms with Crippen molar-refractivity contribution in [2.75, 3.05) is 23.9 Å². The minimum Gasteiger partial charge on any atom is -0.454 e. The Morgan fingerprint density at radius 1 is 1.08 bits per heavy atom. The lowest BCUT2D eigenvalue weighted by atomic mass is 10.1. The Morgan fingerprint density at radius 2 is 1.81 bits per heavy atom. The van der Waals surface area contributed by atoms with E-state index in [1.54, 1.807) is 30.0 Å². The molecule has 37 heavy (non-hydrogen) atoms. The maximum atomic E-state index is 13.4. The van der Waals surface area contributed by atoms with E-state index in [0.717, 1.165) is 23.8 Å². The van der Waals surface area contributed by atoms with Gasteiger partial charge in [-0.25, -0.2) is 8.42 Å². The van der Waals surface area contributed by atoms with Crippen LogP contribution in [-0.2, 0) is 26.2 Å². The van der Waals surface area contributed by atoms with E-state index in [-0.39, 0.29) is 50.6 Å². The highest BCUT2D eigenvalue weighted by molar-refractivity contribution is 7.92. The quantitative estimate of drug-likeness (QED) is 0.449. The third kappa shape index (κ3) is 7.61. The molecule has 3 rings (SSSR count). The van der Waals surface area contributed by atoms with Crippen molar-refractivity contribution in [3.63, 3.8) is 0 Å². The summed E-state index contributed by atoms with van der Waals surface area (Å²) < 4.78 is 37.1. The SMILES string of the molecule is CC[C@@H](C)NC(=O)[C@@H](C)N(Cc1cccc(C)c1)C(=O)CCCN(c1ccc2c(c1)OCO2)S(C)(=O)=O. The average molecular weight is 532 g/mol. The molecule has 0 saturated heterocycles. The number of fused-ring (bicyclic) bond motifs is 1. The lowest BCUT2D eigenvalue weighted by Gasteiger charge is -2.30. The lowest BCUT2D eigenvalue weighted by molar-refractivity contribution is -0.140. The van der Waals surface area contributed by atoms with Crippen LogP contribution in [0.4, 0.5) is 5.69 Å². The van der Waals surface area contributed by atoms with Gasteiger partial charge in [0, 0.05) is 31.6 Å². The summed E-state index contributed by atoms with van der Waals surface area (Å²) in [6.07, 6.45) is 2.28. The minimum atomic E-state index is -3.61. The molecule has 10 heteroatoms. The van der Waals surface area contributed by atoms with Crippen LogP contribution in [0.3, 0.4) is 0 Å². The van der Waals surface area contributed by atoms with Crippen molar-refractivity contribution in [3.8, 4) is 11.5 Å². The number of hydrogen-bond acceptors (Lipinski definition) is 6. The van der Waals surface area contributed by atoms with Gasteiger partial charge in [-0.2, -0.15) is 0 Å². The average Bonchev–Trinajstić information content (AvgIpc) is 3.31. The number of anilines is 1. The van der Waals surface area contributed by atoms with Gasteiger partial charge in [-0.05, 0) is 51.3 Å². The number of sulfonamides is 1. The maximum absolute atomic E-state index is 13.4. The molecule has 1 heterocycles. The van der Waals surface area contributed by atoms with Gasteiger partial charge in [0.15, 0.2) is 11.5 Å². The number of aryl methyl sites for hydroxylation is 1. The number of benzene rings is 2. The monoisotopic (exact) mass is 531 g/mol. The zero-order valence-corrected chi connectivity index (χ0v) is 23.0. The second kappa shape index (κ2) is 12.3. The summed E-state index contributed by atoms with van der Waals surface area (Å²) >= 11 is 0. The van der Waals surface area contributed by atoms with Crippen LogP contribution in [0.15, 0.2) is 42.5 Å². The number of amides is 2. The smallest absolute Gasteiger partial charge is 0.242 e. The Labute approximate surface area is 219 Å². The Morgan fingerprint density at radius 3 is 2.49 bits per heavy atom. The van der Waals surface area contributed by atoms with Crippen LogP contribution in [0, 0.1) is 6.92 Å². The lowest BCUT2D eigenvalue weighted by Crippen LogP contribution is -2.49. The van der Waals surface area contributed by atoms with Gasteiger partial charge in [-0.15, -0.1) is 0 Å². The summed E-state index contributed by atoms with van der Waals surface area (Å²) in [6, 6.07) is 12.1. The standard InChI is InChI=1S/C27H37N3O6S/c1-6-20(3)28-27(32)21(4)29(17-22-10-7-9-19(2)15-22)26(31)11-8-14-30(37(5,33)34)23-12-13-24-25(16-23)36-18-35-24/h7,9-10,12-13,15-16,20-21H,6,8,11,14,17-18H2,1-5H3,(H,28,32)/t20-,21-/m1/s1. The van der Waals surface area contributed by atoms with Crippen LogP contribution < -0.4 is 19.1 Å². The van der Waals surface area contributed by atoms with Gasteiger partial charge < -0.3 is 19.7 Å². The van der Waals surface area contributed by atoms with Gasteiger partial charge in [0.1, 0.15) is 6.04 Å². The molecule has 0 fully saturated rings. The molecule has 0 unspecified atom stereocenters. The first kappa shape index (κ1) is 28.3. The molecule has 0 bridgehead atoms. The normalized spacial score (nSPS) is 14.1. The fourth-order valence-electron chi connectivity index (χ4n) is 4.10. The van der Waals surface area contributed by atoms with Crippen LogP contribution in [0.2, 0.25) is 0 Å². The molecule has 0 spiro atoms. The first-order valence-electron chi connectivity index (χ1n) is 12.5. The molecule has 1 N–H and O–H groups in total. The van der Waals surface area contributed by atoms with Crippen LogP contribution in [0.1, 0.15) is 51.2 Å². The maximum Gasteiger partial charge on any atom is 0.242 e. The molecule has 9 nitrogen and oxygen atoms in total. The Bertz CT molecular complexity index is 1220. The number of rotatable bonds is 12. The number of hydrogen-bond donors (Lipinski definition) is 1. The number of nitrogens with one attached hydrogen (secondary N) is 1. The molecule has 202 valence electrons. The van der Waals surface area contributed by atoms with E-state index in [1.807, 2.05) is 45.0 Å². The van der Waals surface area contributed by atoms with Gasteiger partial charge in [0.2, 0.25) is 28.6 Å². The van der Waals surface area contributed by atoms with Gasteiger partial charge in [0.05, 0.1) is 11.9 Å². The molecule has 2 amide bonds. The number of ether oxygens (including phenoxy) is 2. The van der Waals surface area contributed by atoms with E-state index in [0.29, 0.717) is 17.2 Å². The van der Waals surface area contributed by atoms with Crippen molar-refractivity contribution in [3.05, 3.63) is 53.6 Å².